The lowest BCUT2D eigenvalue weighted by atomic mass is 9.93. The van der Waals surface area contributed by atoms with Gasteiger partial charge in [0.25, 0.3) is 0 Å². The molecule has 0 bridgehead atoms. The van der Waals surface area contributed by atoms with Crippen LogP contribution in [0.1, 0.15) is 29.0 Å². The molecule has 1 aromatic rings. The highest BCUT2D eigenvalue weighted by Gasteiger charge is 2.15. The van der Waals surface area contributed by atoms with E-state index in [-0.39, 0.29) is 12.3 Å². The van der Waals surface area contributed by atoms with Crippen molar-refractivity contribution in [1.82, 2.24) is 0 Å². The lowest BCUT2D eigenvalue weighted by Gasteiger charge is -2.14. The van der Waals surface area contributed by atoms with Gasteiger partial charge in [0.15, 0.2) is 0 Å². The molecule has 0 spiro atoms. The molecule has 0 fully saturated rings. The molecule has 0 radical (unpaired) electrons. The van der Waals surface area contributed by atoms with E-state index in [9.17, 15) is 4.79 Å². The minimum atomic E-state index is -0.800. The first-order valence-electron chi connectivity index (χ1n) is 5.42. The number of hydrogen-bond acceptors (Lipinski definition) is 2. The van der Waals surface area contributed by atoms with Crippen molar-refractivity contribution in [3.8, 4) is 0 Å². The van der Waals surface area contributed by atoms with Crippen molar-refractivity contribution in [3.05, 3.63) is 41.0 Å². The molecule has 0 aliphatic heterocycles. The first-order chi connectivity index (χ1) is 7.70. The molecule has 0 saturated carbocycles. The Hall–Kier alpha value is -1.61. The molecule has 3 N–H and O–H groups in total. The molecule has 0 amide bonds. The zero-order valence-electron chi connectivity index (χ0n) is 9.02. The molecular formula is C13H15NO2. The Morgan fingerprint density at radius 2 is 2.31 bits per heavy atom. The molecular weight excluding hydrogens is 202 g/mol. The van der Waals surface area contributed by atoms with Crippen molar-refractivity contribution < 1.29 is 9.90 Å². The number of rotatable bonds is 4. The van der Waals surface area contributed by atoms with E-state index in [1.165, 1.54) is 11.1 Å². The van der Waals surface area contributed by atoms with Crippen LogP contribution in [0, 0.1) is 0 Å². The maximum Gasteiger partial charge on any atom is 0.304 e. The molecule has 1 aliphatic rings. The van der Waals surface area contributed by atoms with Crippen LogP contribution in [0.2, 0.25) is 0 Å². The van der Waals surface area contributed by atoms with Crippen LogP contribution < -0.4 is 5.73 Å². The third-order valence-electron chi connectivity index (χ3n) is 2.98. The van der Waals surface area contributed by atoms with Crippen LogP contribution in [-0.4, -0.2) is 17.6 Å². The van der Waals surface area contributed by atoms with Gasteiger partial charge in [-0.3, -0.25) is 4.79 Å². The van der Waals surface area contributed by atoms with Crippen LogP contribution in [0.5, 0.6) is 0 Å². The molecule has 16 heavy (non-hydrogen) atoms. The summed E-state index contributed by atoms with van der Waals surface area (Å²) in [6.07, 6.45) is 5.26. The Labute approximate surface area is 94.6 Å². The summed E-state index contributed by atoms with van der Waals surface area (Å²) in [6.45, 7) is 0.370. The van der Waals surface area contributed by atoms with Crippen molar-refractivity contribution in [3.63, 3.8) is 0 Å². The fourth-order valence-electron chi connectivity index (χ4n) is 2.07. The first kappa shape index (κ1) is 10.9. The van der Waals surface area contributed by atoms with Crippen LogP contribution in [0.25, 0.3) is 6.08 Å². The standard InChI is InChI=1S/C13H15NO2/c14-8-12(7-13(15)16)11-5-4-9-2-1-3-10(9)6-11/h1,3-6,12H,2,7-8,14H2,(H,15,16). The minimum Gasteiger partial charge on any atom is -0.481 e. The fourth-order valence-corrected chi connectivity index (χ4v) is 2.07. The summed E-state index contributed by atoms with van der Waals surface area (Å²) in [7, 11) is 0. The van der Waals surface area contributed by atoms with E-state index in [1.807, 2.05) is 6.07 Å². The highest BCUT2D eigenvalue weighted by molar-refractivity contribution is 5.68. The van der Waals surface area contributed by atoms with Crippen molar-refractivity contribution in [2.45, 2.75) is 18.8 Å². The number of allylic oxidation sites excluding steroid dienone is 1. The molecule has 1 atom stereocenters. The Morgan fingerprint density at radius 3 is 3.00 bits per heavy atom. The second-order valence-electron chi connectivity index (χ2n) is 4.10. The third kappa shape index (κ3) is 2.14. The lowest BCUT2D eigenvalue weighted by Crippen LogP contribution is -2.16. The van der Waals surface area contributed by atoms with Gasteiger partial charge in [-0.25, -0.2) is 0 Å². The van der Waals surface area contributed by atoms with Crippen molar-refractivity contribution in [2.24, 2.45) is 5.73 Å². The summed E-state index contributed by atoms with van der Waals surface area (Å²) in [4.78, 5) is 10.7. The van der Waals surface area contributed by atoms with Gasteiger partial charge < -0.3 is 10.8 Å². The van der Waals surface area contributed by atoms with Crippen molar-refractivity contribution in [1.29, 1.82) is 0 Å². The van der Waals surface area contributed by atoms with E-state index < -0.39 is 5.97 Å². The Kier molecular flexibility index (Phi) is 3.06. The topological polar surface area (TPSA) is 63.3 Å². The summed E-state index contributed by atoms with van der Waals surface area (Å²) >= 11 is 0. The van der Waals surface area contributed by atoms with Crippen LogP contribution >= 0.6 is 0 Å². The van der Waals surface area contributed by atoms with Gasteiger partial charge in [0.05, 0.1) is 6.42 Å². The number of hydrogen-bond donors (Lipinski definition) is 2. The van der Waals surface area contributed by atoms with Crippen LogP contribution in [0.4, 0.5) is 0 Å². The average molecular weight is 217 g/mol. The highest BCUT2D eigenvalue weighted by atomic mass is 16.4. The monoisotopic (exact) mass is 217 g/mol. The second-order valence-corrected chi connectivity index (χ2v) is 4.10. The Bertz CT molecular complexity index is 438. The molecule has 1 aromatic carbocycles. The van der Waals surface area contributed by atoms with Gasteiger partial charge in [-0.2, -0.15) is 0 Å². The van der Waals surface area contributed by atoms with E-state index >= 15 is 0 Å². The Balaban J connectivity index is 2.25. The molecule has 2 rings (SSSR count). The maximum atomic E-state index is 10.7. The molecule has 1 aliphatic carbocycles. The number of carboxylic acids is 1. The van der Waals surface area contributed by atoms with Crippen LogP contribution in [0.3, 0.4) is 0 Å². The maximum absolute atomic E-state index is 10.7. The van der Waals surface area contributed by atoms with Gasteiger partial charge in [-0.05, 0) is 29.7 Å². The Morgan fingerprint density at radius 1 is 1.50 bits per heavy atom. The van der Waals surface area contributed by atoms with Gasteiger partial charge in [-0.1, -0.05) is 30.4 Å². The summed E-state index contributed by atoms with van der Waals surface area (Å²) < 4.78 is 0. The predicted octanol–water partition coefficient (Wildman–Crippen LogP) is 1.77. The largest absolute Gasteiger partial charge is 0.481 e. The highest BCUT2D eigenvalue weighted by Crippen LogP contribution is 2.25. The second kappa shape index (κ2) is 4.49. The van der Waals surface area contributed by atoms with E-state index in [1.54, 1.807) is 0 Å². The van der Waals surface area contributed by atoms with Crippen molar-refractivity contribution in [2.75, 3.05) is 6.54 Å². The summed E-state index contributed by atoms with van der Waals surface area (Å²) in [5.41, 5.74) is 9.14. The van der Waals surface area contributed by atoms with Gasteiger partial charge in [-0.15, -0.1) is 0 Å². The smallest absolute Gasteiger partial charge is 0.304 e. The van der Waals surface area contributed by atoms with E-state index in [4.69, 9.17) is 10.8 Å². The van der Waals surface area contributed by atoms with E-state index in [0.717, 1.165) is 12.0 Å². The molecule has 84 valence electrons. The predicted molar refractivity (Wildman–Crippen MR) is 63.2 cm³/mol. The van der Waals surface area contributed by atoms with E-state index in [2.05, 4.69) is 24.3 Å². The first-order valence-corrected chi connectivity index (χ1v) is 5.42. The minimum absolute atomic E-state index is 0.0863. The number of carboxylic acid groups (broad SMARTS) is 1. The van der Waals surface area contributed by atoms with Crippen LogP contribution in [0.15, 0.2) is 24.3 Å². The summed E-state index contributed by atoms with van der Waals surface area (Å²) in [6, 6.07) is 6.11. The molecule has 3 heteroatoms. The fraction of sp³-hybridized carbons (Fsp3) is 0.308. The van der Waals surface area contributed by atoms with Gasteiger partial charge in [0, 0.05) is 5.92 Å². The molecule has 3 nitrogen and oxygen atoms in total. The number of carbonyl (C=O) groups is 1. The van der Waals surface area contributed by atoms with Gasteiger partial charge in [0.2, 0.25) is 0 Å². The number of benzene rings is 1. The zero-order chi connectivity index (χ0) is 11.5. The summed E-state index contributed by atoms with van der Waals surface area (Å²) in [5, 5.41) is 8.80. The average Bonchev–Trinajstić information content (AvgIpc) is 2.72. The van der Waals surface area contributed by atoms with Crippen LogP contribution in [-0.2, 0) is 11.2 Å². The normalized spacial score (nSPS) is 14.8. The number of aliphatic carboxylic acids is 1. The third-order valence-corrected chi connectivity index (χ3v) is 2.98. The number of fused-ring (bicyclic) bond motifs is 1. The SMILES string of the molecule is NCC(CC(=O)O)c1ccc2c(c1)C=CC2. The molecule has 1 unspecified atom stereocenters. The van der Waals surface area contributed by atoms with E-state index in [0.29, 0.717) is 6.54 Å². The van der Waals surface area contributed by atoms with Gasteiger partial charge in [0.1, 0.15) is 0 Å². The number of nitrogens with two attached hydrogens (primary N) is 1. The quantitative estimate of drug-likeness (QED) is 0.808. The zero-order valence-corrected chi connectivity index (χ0v) is 9.02. The summed E-state index contributed by atoms with van der Waals surface area (Å²) in [5.74, 6) is -0.886. The lowest BCUT2D eigenvalue weighted by molar-refractivity contribution is -0.137. The molecule has 0 aromatic heterocycles. The van der Waals surface area contributed by atoms with Crippen molar-refractivity contribution >= 4 is 12.0 Å². The molecule has 0 heterocycles. The molecule has 0 saturated heterocycles. The van der Waals surface area contributed by atoms with Gasteiger partial charge >= 0.3 is 5.97 Å².